The summed E-state index contributed by atoms with van der Waals surface area (Å²) in [7, 11) is 0. The molecule has 0 N–H and O–H groups in total. The van der Waals surface area contributed by atoms with E-state index in [1.54, 1.807) is 0 Å². The third-order valence-corrected chi connectivity index (χ3v) is 0.907. The molecule has 0 spiro atoms. The van der Waals surface area contributed by atoms with E-state index in [9.17, 15) is 22.0 Å². The second-order valence-corrected chi connectivity index (χ2v) is 1.68. The minimum atomic E-state index is -4.84. The molecule has 52 valence electrons. The van der Waals surface area contributed by atoms with Crippen molar-refractivity contribution >= 4 is 0 Å². The molecule has 0 aliphatic heterocycles. The van der Waals surface area contributed by atoms with Gasteiger partial charge in [-0.1, -0.05) is 0 Å². The first kappa shape index (κ1) is 6.51. The van der Waals surface area contributed by atoms with Crippen molar-refractivity contribution < 1.29 is 22.0 Å². The average Bonchev–Trinajstić information content (AvgIpc) is 2.10. The number of rotatable bonds is 0. The van der Waals surface area contributed by atoms with Crippen LogP contribution in [0.15, 0.2) is 11.6 Å². The van der Waals surface area contributed by atoms with Crippen LogP contribution in [0.25, 0.3) is 0 Å². The second-order valence-electron chi connectivity index (χ2n) is 1.68. The summed E-state index contributed by atoms with van der Waals surface area (Å²) in [6, 6.07) is 0. The van der Waals surface area contributed by atoms with Crippen molar-refractivity contribution in [3.8, 4) is 0 Å². The smallest absolute Gasteiger partial charge is 0.196 e. The highest BCUT2D eigenvalue weighted by atomic mass is 19.4. The summed E-state index contributed by atoms with van der Waals surface area (Å²) in [6.07, 6.45) is -4.95. The topological polar surface area (TPSA) is 0 Å². The summed E-state index contributed by atoms with van der Waals surface area (Å²) in [6.45, 7) is 0. The zero-order valence-electron chi connectivity index (χ0n) is 3.97. The molecule has 0 nitrogen and oxygen atoms in total. The first-order valence-corrected chi connectivity index (χ1v) is 2.02. The van der Waals surface area contributed by atoms with Gasteiger partial charge in [-0.2, -0.15) is 22.0 Å². The molecule has 1 aliphatic carbocycles. The van der Waals surface area contributed by atoms with E-state index in [4.69, 9.17) is 0 Å². The predicted molar refractivity (Wildman–Crippen MR) is 19.1 cm³/mol. The van der Waals surface area contributed by atoms with E-state index in [2.05, 4.69) is 0 Å². The molecule has 9 heavy (non-hydrogen) atoms. The molecule has 0 atom stereocenters. The van der Waals surface area contributed by atoms with Gasteiger partial charge < -0.3 is 0 Å². The summed E-state index contributed by atoms with van der Waals surface area (Å²) >= 11 is 0. The number of alkyl halides is 5. The number of hydrogen-bond donors (Lipinski definition) is 0. The molecule has 0 heterocycles. The molecule has 5 heteroatoms. The molecule has 0 bridgehead atoms. The highest BCUT2D eigenvalue weighted by Crippen LogP contribution is 2.49. The van der Waals surface area contributed by atoms with Crippen LogP contribution in [-0.4, -0.2) is 12.1 Å². The van der Waals surface area contributed by atoms with Crippen LogP contribution in [-0.2, 0) is 0 Å². The predicted octanol–water partition coefficient (Wildman–Crippen LogP) is 2.12. The minimum Gasteiger partial charge on any atom is -0.196 e. The van der Waals surface area contributed by atoms with Crippen molar-refractivity contribution in [3.63, 3.8) is 0 Å². The molecule has 0 fully saturated rings. The SMILES string of the molecule is FC(F)(F)C1=CC1(F)F. The van der Waals surface area contributed by atoms with Crippen LogP contribution in [0.1, 0.15) is 0 Å². The third kappa shape index (κ3) is 1.04. The Kier molecular flexibility index (Phi) is 0.921. The maximum absolute atomic E-state index is 11.5. The van der Waals surface area contributed by atoms with Gasteiger partial charge >= 0.3 is 6.18 Å². The molecule has 0 amide bonds. The highest BCUT2D eigenvalue weighted by Gasteiger charge is 2.59. The Morgan fingerprint density at radius 3 is 1.56 bits per heavy atom. The van der Waals surface area contributed by atoms with Gasteiger partial charge in [0.25, 0.3) is 5.92 Å². The van der Waals surface area contributed by atoms with Crippen molar-refractivity contribution in [3.05, 3.63) is 11.6 Å². The van der Waals surface area contributed by atoms with E-state index in [1.165, 1.54) is 0 Å². The van der Waals surface area contributed by atoms with E-state index in [-0.39, 0.29) is 6.08 Å². The Hall–Kier alpha value is -0.610. The fraction of sp³-hybridized carbons (Fsp3) is 0.500. The van der Waals surface area contributed by atoms with Crippen LogP contribution in [0, 0.1) is 0 Å². The minimum absolute atomic E-state index is 0.104. The summed E-state index contributed by atoms with van der Waals surface area (Å²) in [5.74, 6) is -3.68. The molecule has 0 aromatic rings. The van der Waals surface area contributed by atoms with Gasteiger partial charge in [0.05, 0.1) is 0 Å². The van der Waals surface area contributed by atoms with Gasteiger partial charge in [-0.25, -0.2) is 0 Å². The lowest BCUT2D eigenvalue weighted by Gasteiger charge is -2.00. The first-order valence-electron chi connectivity index (χ1n) is 2.02. The van der Waals surface area contributed by atoms with Gasteiger partial charge in [0.15, 0.2) is 0 Å². The van der Waals surface area contributed by atoms with Crippen LogP contribution < -0.4 is 0 Å². The van der Waals surface area contributed by atoms with Gasteiger partial charge in [-0.05, 0) is 0 Å². The molecule has 0 unspecified atom stereocenters. The molecule has 1 aliphatic rings. The van der Waals surface area contributed by atoms with Crippen LogP contribution in [0.2, 0.25) is 0 Å². The van der Waals surface area contributed by atoms with E-state index >= 15 is 0 Å². The largest absolute Gasteiger partial charge is 0.418 e. The lowest BCUT2D eigenvalue weighted by molar-refractivity contribution is -0.102. The van der Waals surface area contributed by atoms with E-state index in [0.717, 1.165) is 0 Å². The molecule has 0 aromatic heterocycles. The normalized spacial score (nSPS) is 23.4. The van der Waals surface area contributed by atoms with Crippen molar-refractivity contribution in [2.24, 2.45) is 0 Å². The highest BCUT2D eigenvalue weighted by molar-refractivity contribution is 5.41. The average molecular weight is 144 g/mol. The van der Waals surface area contributed by atoms with Crippen molar-refractivity contribution in [1.82, 2.24) is 0 Å². The van der Waals surface area contributed by atoms with E-state index < -0.39 is 17.7 Å². The Labute approximate surface area is 47.0 Å². The maximum Gasteiger partial charge on any atom is 0.418 e. The van der Waals surface area contributed by atoms with Gasteiger partial charge in [0.2, 0.25) is 0 Å². The second kappa shape index (κ2) is 1.27. The zero-order chi connectivity index (χ0) is 7.28. The number of halogens is 5. The Morgan fingerprint density at radius 1 is 1.22 bits per heavy atom. The Bertz CT molecular complexity index is 162. The standard InChI is InChI=1S/C4HF5/c5-3(6)1-2(3)4(7,8)9/h1H. The molecular weight excluding hydrogens is 143 g/mol. The van der Waals surface area contributed by atoms with Crippen molar-refractivity contribution in [2.45, 2.75) is 12.1 Å². The van der Waals surface area contributed by atoms with E-state index in [0.29, 0.717) is 0 Å². The van der Waals surface area contributed by atoms with E-state index in [1.807, 2.05) is 0 Å². The quantitative estimate of drug-likeness (QED) is 0.361. The van der Waals surface area contributed by atoms with Gasteiger partial charge in [0, 0.05) is 6.08 Å². The van der Waals surface area contributed by atoms with Crippen LogP contribution in [0.3, 0.4) is 0 Å². The van der Waals surface area contributed by atoms with Crippen molar-refractivity contribution in [1.29, 1.82) is 0 Å². The lowest BCUT2D eigenvalue weighted by Crippen LogP contribution is -2.12. The number of allylic oxidation sites excluding steroid dienone is 2. The maximum atomic E-state index is 11.5. The lowest BCUT2D eigenvalue weighted by atomic mass is 10.4. The fourth-order valence-corrected chi connectivity index (χ4v) is 0.416. The van der Waals surface area contributed by atoms with Crippen LogP contribution >= 0.6 is 0 Å². The summed E-state index contributed by atoms with van der Waals surface area (Å²) in [4.78, 5) is 0. The Balaban J connectivity index is 2.62. The van der Waals surface area contributed by atoms with Crippen LogP contribution in [0.5, 0.6) is 0 Å². The summed E-state index contributed by atoms with van der Waals surface area (Å²) < 4.78 is 56.5. The third-order valence-electron chi connectivity index (χ3n) is 0.907. The van der Waals surface area contributed by atoms with Crippen molar-refractivity contribution in [2.75, 3.05) is 0 Å². The van der Waals surface area contributed by atoms with Gasteiger partial charge in [-0.15, -0.1) is 0 Å². The summed E-state index contributed by atoms with van der Waals surface area (Å²) in [5, 5.41) is 0. The molecule has 0 radical (unpaired) electrons. The number of hydrogen-bond acceptors (Lipinski definition) is 0. The fourth-order valence-electron chi connectivity index (χ4n) is 0.416. The molecule has 0 saturated carbocycles. The summed E-state index contributed by atoms with van der Waals surface area (Å²) in [5.41, 5.74) is -1.73. The molecule has 0 saturated heterocycles. The monoisotopic (exact) mass is 144 g/mol. The zero-order valence-corrected chi connectivity index (χ0v) is 3.97. The van der Waals surface area contributed by atoms with Gasteiger partial charge in [0.1, 0.15) is 5.57 Å². The van der Waals surface area contributed by atoms with Crippen LogP contribution in [0.4, 0.5) is 22.0 Å². The first-order chi connectivity index (χ1) is 3.84. The molecule has 1 rings (SSSR count). The Morgan fingerprint density at radius 2 is 1.56 bits per heavy atom. The van der Waals surface area contributed by atoms with Gasteiger partial charge in [-0.3, -0.25) is 0 Å². The molecule has 0 aromatic carbocycles. The molecular formula is C4HF5.